The van der Waals surface area contributed by atoms with Gasteiger partial charge in [0.1, 0.15) is 22.9 Å². The van der Waals surface area contributed by atoms with E-state index >= 15 is 0 Å². The second kappa shape index (κ2) is 7.10. The largest absolute Gasteiger partial charge is 0.505 e. The maximum atomic E-state index is 12.3. The van der Waals surface area contributed by atoms with E-state index in [0.29, 0.717) is 22.3 Å². The Bertz CT molecular complexity index is 986. The second-order valence-electron chi connectivity index (χ2n) is 5.54. The highest BCUT2D eigenvalue weighted by atomic mass is 16.7. The van der Waals surface area contributed by atoms with Crippen molar-refractivity contribution in [2.24, 2.45) is 0 Å². The predicted octanol–water partition coefficient (Wildman–Crippen LogP) is 3.25. The molecule has 3 aromatic rings. The number of carbonyl (C=O) groups excluding carboxylic acids is 2. The number of rotatable bonds is 3. The van der Waals surface area contributed by atoms with Crippen LogP contribution in [-0.4, -0.2) is 22.0 Å². The van der Waals surface area contributed by atoms with Crippen molar-refractivity contribution in [3.63, 3.8) is 0 Å². The molecule has 0 saturated carbocycles. The average molecular weight is 352 g/mol. The molecule has 0 radical (unpaired) electrons. The quantitative estimate of drug-likeness (QED) is 0.702. The maximum absolute atomic E-state index is 12.3. The van der Waals surface area contributed by atoms with Crippen molar-refractivity contribution in [2.75, 3.05) is 0 Å². The van der Waals surface area contributed by atoms with Gasteiger partial charge < -0.3 is 14.7 Å². The molecule has 0 saturated heterocycles. The van der Waals surface area contributed by atoms with Crippen LogP contribution in [0.3, 0.4) is 0 Å². The number of hydrogen-bond acceptors (Lipinski definition) is 6. The van der Waals surface area contributed by atoms with Gasteiger partial charge in [-0.05, 0) is 37.3 Å². The molecule has 0 spiro atoms. The first-order valence-corrected chi connectivity index (χ1v) is 7.79. The number of aromatic nitrogens is 1. The molecule has 1 amide bonds. The van der Waals surface area contributed by atoms with Gasteiger partial charge >= 0.3 is 11.9 Å². The monoisotopic (exact) mass is 352 g/mol. The zero-order valence-electron chi connectivity index (χ0n) is 14.1. The SMILES string of the molecule is CC(=O)ONC(=O)c1nc(C)c(O)c2ccc(Oc3ccccc3)cc12. The summed E-state index contributed by atoms with van der Waals surface area (Å²) in [6.45, 7) is 2.74. The van der Waals surface area contributed by atoms with Crippen molar-refractivity contribution < 1.29 is 24.3 Å². The Morgan fingerprint density at radius 2 is 1.77 bits per heavy atom. The van der Waals surface area contributed by atoms with Gasteiger partial charge in [0.15, 0.2) is 0 Å². The van der Waals surface area contributed by atoms with E-state index in [1.165, 1.54) is 6.92 Å². The number of para-hydroxylation sites is 1. The molecule has 0 unspecified atom stereocenters. The lowest BCUT2D eigenvalue weighted by atomic mass is 10.1. The molecule has 1 aromatic heterocycles. The Kier molecular flexibility index (Phi) is 4.70. The molecule has 26 heavy (non-hydrogen) atoms. The molecule has 0 aliphatic heterocycles. The van der Waals surface area contributed by atoms with E-state index in [1.54, 1.807) is 37.3 Å². The van der Waals surface area contributed by atoms with Crippen molar-refractivity contribution in [3.8, 4) is 17.2 Å². The van der Waals surface area contributed by atoms with Crippen LogP contribution in [0.4, 0.5) is 0 Å². The number of nitrogens with zero attached hydrogens (tertiary/aromatic N) is 1. The fourth-order valence-corrected chi connectivity index (χ4v) is 2.43. The number of hydroxylamine groups is 1. The molecule has 0 fully saturated rings. The van der Waals surface area contributed by atoms with Crippen LogP contribution < -0.4 is 10.2 Å². The van der Waals surface area contributed by atoms with E-state index in [1.807, 2.05) is 23.7 Å². The van der Waals surface area contributed by atoms with Crippen LogP contribution in [-0.2, 0) is 9.63 Å². The minimum absolute atomic E-state index is 0.00932. The number of amides is 1. The molecule has 3 rings (SSSR count). The molecular formula is C19H16N2O5. The summed E-state index contributed by atoms with van der Waals surface area (Å²) in [4.78, 5) is 31.9. The van der Waals surface area contributed by atoms with Crippen molar-refractivity contribution in [3.05, 3.63) is 59.9 Å². The van der Waals surface area contributed by atoms with Gasteiger partial charge in [0.05, 0.1) is 5.69 Å². The number of aromatic hydroxyl groups is 1. The van der Waals surface area contributed by atoms with Gasteiger partial charge in [-0.15, -0.1) is 0 Å². The number of pyridine rings is 1. The van der Waals surface area contributed by atoms with Gasteiger partial charge in [-0.25, -0.2) is 4.98 Å². The summed E-state index contributed by atoms with van der Waals surface area (Å²) in [5.74, 6) is -0.302. The Hall–Kier alpha value is -3.61. The topological polar surface area (TPSA) is 97.8 Å². The molecule has 132 valence electrons. The third-order valence-electron chi connectivity index (χ3n) is 3.60. The summed E-state index contributed by atoms with van der Waals surface area (Å²) in [7, 11) is 0. The number of hydrogen-bond donors (Lipinski definition) is 2. The number of aryl methyl sites for hydroxylation is 1. The molecule has 2 aromatic carbocycles. The van der Waals surface area contributed by atoms with Crippen LogP contribution in [0.5, 0.6) is 17.2 Å². The van der Waals surface area contributed by atoms with Gasteiger partial charge in [-0.3, -0.25) is 9.59 Å². The molecule has 0 bridgehead atoms. The number of benzene rings is 2. The first-order chi connectivity index (χ1) is 12.5. The third kappa shape index (κ3) is 3.56. The molecule has 0 atom stereocenters. The van der Waals surface area contributed by atoms with Crippen LogP contribution >= 0.6 is 0 Å². The third-order valence-corrected chi connectivity index (χ3v) is 3.60. The molecule has 1 heterocycles. The van der Waals surface area contributed by atoms with E-state index in [0.717, 1.165) is 0 Å². The average Bonchev–Trinajstić information content (AvgIpc) is 2.63. The number of fused-ring (bicyclic) bond motifs is 1. The summed E-state index contributed by atoms with van der Waals surface area (Å²) in [5, 5.41) is 11.0. The Morgan fingerprint density at radius 1 is 1.04 bits per heavy atom. The minimum atomic E-state index is -0.704. The molecule has 0 aliphatic rings. The van der Waals surface area contributed by atoms with E-state index < -0.39 is 11.9 Å². The van der Waals surface area contributed by atoms with E-state index in [-0.39, 0.29) is 17.1 Å². The van der Waals surface area contributed by atoms with Crippen LogP contribution in [0.2, 0.25) is 0 Å². The first-order valence-electron chi connectivity index (χ1n) is 7.79. The maximum Gasteiger partial charge on any atom is 0.329 e. The van der Waals surface area contributed by atoms with Crippen molar-refractivity contribution in [1.29, 1.82) is 0 Å². The Morgan fingerprint density at radius 3 is 2.46 bits per heavy atom. The highest BCUT2D eigenvalue weighted by Crippen LogP contribution is 2.33. The standard InChI is InChI=1S/C19H16N2O5/c1-11-18(23)15-9-8-14(25-13-6-4-3-5-7-13)10-16(15)17(20-11)19(24)21-26-12(2)22/h3-10,23H,1-2H3,(H,21,24). The second-order valence-corrected chi connectivity index (χ2v) is 5.54. The molecule has 0 aliphatic carbocycles. The van der Waals surface area contributed by atoms with Gasteiger partial charge in [-0.1, -0.05) is 18.2 Å². The van der Waals surface area contributed by atoms with Crippen LogP contribution in [0.15, 0.2) is 48.5 Å². The normalized spacial score (nSPS) is 10.4. The predicted molar refractivity (Wildman–Crippen MR) is 93.9 cm³/mol. The summed E-state index contributed by atoms with van der Waals surface area (Å²) in [6, 6.07) is 14.1. The molecule has 7 nitrogen and oxygen atoms in total. The first kappa shape index (κ1) is 17.2. The number of nitrogens with one attached hydrogen (secondary N) is 1. The van der Waals surface area contributed by atoms with E-state index in [2.05, 4.69) is 9.82 Å². The van der Waals surface area contributed by atoms with Gasteiger partial charge in [0.2, 0.25) is 0 Å². The summed E-state index contributed by atoms with van der Waals surface area (Å²) in [6.07, 6.45) is 0. The number of ether oxygens (including phenoxy) is 1. The lowest BCUT2D eigenvalue weighted by Gasteiger charge is -2.12. The van der Waals surface area contributed by atoms with Crippen LogP contribution in [0.1, 0.15) is 23.1 Å². The summed E-state index contributed by atoms with van der Waals surface area (Å²) < 4.78 is 5.76. The van der Waals surface area contributed by atoms with E-state index in [9.17, 15) is 14.7 Å². The Balaban J connectivity index is 2.05. The lowest BCUT2D eigenvalue weighted by Crippen LogP contribution is -2.27. The van der Waals surface area contributed by atoms with Gasteiger partial charge in [0.25, 0.3) is 0 Å². The van der Waals surface area contributed by atoms with Crippen LogP contribution in [0.25, 0.3) is 10.8 Å². The molecular weight excluding hydrogens is 336 g/mol. The fourth-order valence-electron chi connectivity index (χ4n) is 2.43. The number of carbonyl (C=O) groups is 2. The zero-order chi connectivity index (χ0) is 18.7. The Labute approximate surface area is 149 Å². The zero-order valence-corrected chi connectivity index (χ0v) is 14.1. The lowest BCUT2D eigenvalue weighted by molar-refractivity contribution is -0.146. The molecule has 2 N–H and O–H groups in total. The summed E-state index contributed by atoms with van der Waals surface area (Å²) >= 11 is 0. The van der Waals surface area contributed by atoms with Gasteiger partial charge in [-0.2, -0.15) is 5.48 Å². The van der Waals surface area contributed by atoms with Crippen molar-refractivity contribution in [1.82, 2.24) is 10.5 Å². The summed E-state index contributed by atoms with van der Waals surface area (Å²) in [5.41, 5.74) is 2.32. The highest BCUT2D eigenvalue weighted by Gasteiger charge is 2.18. The highest BCUT2D eigenvalue weighted by molar-refractivity contribution is 6.07. The van der Waals surface area contributed by atoms with E-state index in [4.69, 9.17) is 4.74 Å². The smallest absolute Gasteiger partial charge is 0.329 e. The van der Waals surface area contributed by atoms with Crippen molar-refractivity contribution in [2.45, 2.75) is 13.8 Å². The van der Waals surface area contributed by atoms with Gasteiger partial charge in [0, 0.05) is 17.7 Å². The van der Waals surface area contributed by atoms with Crippen LogP contribution in [0, 0.1) is 6.92 Å². The van der Waals surface area contributed by atoms with Crippen molar-refractivity contribution >= 4 is 22.6 Å². The molecule has 7 heteroatoms. The fraction of sp³-hybridized carbons (Fsp3) is 0.105. The minimum Gasteiger partial charge on any atom is -0.505 e.